The van der Waals surface area contributed by atoms with Crippen LogP contribution in [0.3, 0.4) is 0 Å². The van der Waals surface area contributed by atoms with E-state index in [4.69, 9.17) is 16.3 Å². The minimum Gasteiger partial charge on any atom is -0.497 e. The third-order valence-corrected chi connectivity index (χ3v) is 4.36. The summed E-state index contributed by atoms with van der Waals surface area (Å²) in [4.78, 5) is 8.91. The normalized spacial score (nSPS) is 10.5. The van der Waals surface area contributed by atoms with Crippen LogP contribution in [-0.4, -0.2) is 23.6 Å². The van der Waals surface area contributed by atoms with Crippen molar-refractivity contribution in [3.05, 3.63) is 76.6 Å². The van der Waals surface area contributed by atoms with E-state index in [0.29, 0.717) is 6.54 Å². The Kier molecular flexibility index (Phi) is 6.49. The van der Waals surface area contributed by atoms with E-state index in [2.05, 4.69) is 20.6 Å². The second-order valence-electron chi connectivity index (χ2n) is 6.19. The van der Waals surface area contributed by atoms with Gasteiger partial charge in [-0.1, -0.05) is 35.9 Å². The van der Waals surface area contributed by atoms with Crippen LogP contribution >= 0.6 is 11.6 Å². The maximum Gasteiger partial charge on any atom is 0.132 e. The predicted molar refractivity (Wildman–Crippen MR) is 111 cm³/mol. The van der Waals surface area contributed by atoms with Crippen molar-refractivity contribution in [2.75, 3.05) is 24.3 Å². The fourth-order valence-corrected chi connectivity index (χ4v) is 2.80. The molecule has 2 N–H and O–H groups in total. The molecule has 0 fully saturated rings. The summed E-state index contributed by atoms with van der Waals surface area (Å²) in [6.07, 6.45) is 0.898. The molecule has 3 rings (SSSR count). The quantitative estimate of drug-likeness (QED) is 0.590. The van der Waals surface area contributed by atoms with Gasteiger partial charge in [-0.3, -0.25) is 0 Å². The topological polar surface area (TPSA) is 59.1 Å². The van der Waals surface area contributed by atoms with E-state index in [1.54, 1.807) is 7.11 Å². The maximum atomic E-state index is 5.92. The minimum absolute atomic E-state index is 0.685. The van der Waals surface area contributed by atoms with Gasteiger partial charge in [0.05, 0.1) is 7.11 Å². The highest BCUT2D eigenvalue weighted by Gasteiger charge is 2.03. The molecule has 0 saturated carbocycles. The number of aryl methyl sites for hydroxylation is 1. The number of methoxy groups -OCH3 is 1. The number of hydrogen-bond donors (Lipinski definition) is 2. The molecule has 0 amide bonds. The van der Waals surface area contributed by atoms with Crippen molar-refractivity contribution in [2.45, 2.75) is 19.9 Å². The molecule has 0 unspecified atom stereocenters. The van der Waals surface area contributed by atoms with Crippen LogP contribution < -0.4 is 15.4 Å². The zero-order chi connectivity index (χ0) is 19.1. The lowest BCUT2D eigenvalue weighted by Crippen LogP contribution is -2.09. The molecule has 0 bridgehead atoms. The molecule has 2 aromatic carbocycles. The summed E-state index contributed by atoms with van der Waals surface area (Å²) < 4.78 is 5.18. The van der Waals surface area contributed by atoms with Crippen LogP contribution in [0.15, 0.2) is 54.6 Å². The zero-order valence-corrected chi connectivity index (χ0v) is 16.3. The van der Waals surface area contributed by atoms with Crippen LogP contribution in [0.4, 0.5) is 11.6 Å². The number of aromatic nitrogens is 2. The molecule has 6 heteroatoms. The highest BCUT2D eigenvalue weighted by Crippen LogP contribution is 2.15. The van der Waals surface area contributed by atoms with E-state index in [1.165, 1.54) is 5.56 Å². The first-order chi connectivity index (χ1) is 13.1. The standard InChI is InChI=1S/C21H23ClN4O/c1-15-25-20(23-12-11-16-3-7-18(22)8-4-16)13-21(26-15)24-14-17-5-9-19(27-2)10-6-17/h3-10,13H,11-12,14H2,1-2H3,(H2,23,24,25,26). The largest absolute Gasteiger partial charge is 0.497 e. The maximum absolute atomic E-state index is 5.92. The van der Waals surface area contributed by atoms with Gasteiger partial charge in [-0.15, -0.1) is 0 Å². The summed E-state index contributed by atoms with van der Waals surface area (Å²) in [5.74, 6) is 3.19. The predicted octanol–water partition coefficient (Wildman–Crippen LogP) is 4.71. The van der Waals surface area contributed by atoms with Crippen molar-refractivity contribution in [3.63, 3.8) is 0 Å². The first-order valence-electron chi connectivity index (χ1n) is 8.83. The highest BCUT2D eigenvalue weighted by molar-refractivity contribution is 6.30. The molecular weight excluding hydrogens is 360 g/mol. The Bertz CT molecular complexity index is 866. The number of nitrogens with one attached hydrogen (secondary N) is 2. The molecule has 140 valence electrons. The molecule has 1 heterocycles. The van der Waals surface area contributed by atoms with Crippen molar-refractivity contribution in [3.8, 4) is 5.75 Å². The van der Waals surface area contributed by atoms with Gasteiger partial charge in [0.25, 0.3) is 0 Å². The first-order valence-corrected chi connectivity index (χ1v) is 9.21. The molecule has 5 nitrogen and oxygen atoms in total. The SMILES string of the molecule is COc1ccc(CNc2cc(NCCc3ccc(Cl)cc3)nc(C)n2)cc1. The van der Waals surface area contributed by atoms with Gasteiger partial charge in [-0.2, -0.15) is 0 Å². The van der Waals surface area contributed by atoms with E-state index in [0.717, 1.165) is 46.8 Å². The Hall–Kier alpha value is -2.79. The van der Waals surface area contributed by atoms with E-state index < -0.39 is 0 Å². The molecule has 0 aliphatic heterocycles. The highest BCUT2D eigenvalue weighted by atomic mass is 35.5. The average Bonchev–Trinajstić information content (AvgIpc) is 2.68. The van der Waals surface area contributed by atoms with Gasteiger partial charge in [0.1, 0.15) is 23.2 Å². The van der Waals surface area contributed by atoms with Crippen LogP contribution in [0.1, 0.15) is 17.0 Å². The van der Waals surface area contributed by atoms with Gasteiger partial charge in [-0.05, 0) is 48.7 Å². The Morgan fingerprint density at radius 2 is 1.52 bits per heavy atom. The Balaban J connectivity index is 1.55. The fraction of sp³-hybridized carbons (Fsp3) is 0.238. The number of halogens is 1. The van der Waals surface area contributed by atoms with Gasteiger partial charge >= 0.3 is 0 Å². The lowest BCUT2D eigenvalue weighted by atomic mass is 10.1. The third kappa shape index (κ3) is 5.86. The van der Waals surface area contributed by atoms with Gasteiger partial charge in [0.2, 0.25) is 0 Å². The van der Waals surface area contributed by atoms with Crippen molar-refractivity contribution < 1.29 is 4.74 Å². The molecule has 0 aliphatic carbocycles. The van der Waals surface area contributed by atoms with Crippen molar-refractivity contribution in [2.24, 2.45) is 0 Å². The summed E-state index contributed by atoms with van der Waals surface area (Å²) in [7, 11) is 1.67. The summed E-state index contributed by atoms with van der Waals surface area (Å²) in [5, 5.41) is 7.46. The molecule has 0 atom stereocenters. The monoisotopic (exact) mass is 382 g/mol. The summed E-state index contributed by atoms with van der Waals surface area (Å²) in [6.45, 7) is 3.36. The van der Waals surface area contributed by atoms with Gasteiger partial charge in [0, 0.05) is 24.2 Å². The second kappa shape index (κ2) is 9.24. The lowest BCUT2D eigenvalue weighted by molar-refractivity contribution is 0.414. The number of ether oxygens (including phenoxy) is 1. The summed E-state index contributed by atoms with van der Waals surface area (Å²) >= 11 is 5.92. The number of anilines is 2. The van der Waals surface area contributed by atoms with Crippen LogP contribution in [0.2, 0.25) is 5.02 Å². The van der Waals surface area contributed by atoms with Gasteiger partial charge in [-0.25, -0.2) is 9.97 Å². The number of hydrogen-bond acceptors (Lipinski definition) is 5. The smallest absolute Gasteiger partial charge is 0.132 e. The molecule has 27 heavy (non-hydrogen) atoms. The van der Waals surface area contributed by atoms with Crippen molar-refractivity contribution in [1.82, 2.24) is 9.97 Å². The Morgan fingerprint density at radius 1 is 0.889 bits per heavy atom. The molecule has 0 aliphatic rings. The second-order valence-corrected chi connectivity index (χ2v) is 6.63. The fourth-order valence-electron chi connectivity index (χ4n) is 2.67. The molecule has 0 spiro atoms. The van der Waals surface area contributed by atoms with Crippen LogP contribution in [0.5, 0.6) is 5.75 Å². The average molecular weight is 383 g/mol. The molecular formula is C21H23ClN4O. The van der Waals surface area contributed by atoms with Crippen LogP contribution in [0, 0.1) is 6.92 Å². The van der Waals surface area contributed by atoms with Crippen molar-refractivity contribution in [1.29, 1.82) is 0 Å². The van der Waals surface area contributed by atoms with E-state index >= 15 is 0 Å². The molecule has 0 radical (unpaired) electrons. The number of nitrogens with zero attached hydrogens (tertiary/aromatic N) is 2. The molecule has 1 aromatic heterocycles. The van der Waals surface area contributed by atoms with E-state index in [-0.39, 0.29) is 0 Å². The van der Waals surface area contributed by atoms with Gasteiger partial charge in [0.15, 0.2) is 0 Å². The van der Waals surface area contributed by atoms with Crippen molar-refractivity contribution >= 4 is 23.2 Å². The van der Waals surface area contributed by atoms with Gasteiger partial charge < -0.3 is 15.4 Å². The number of rotatable bonds is 8. The Labute approximate surface area is 164 Å². The number of benzene rings is 2. The molecule has 3 aromatic rings. The summed E-state index contributed by atoms with van der Waals surface area (Å²) in [5.41, 5.74) is 2.39. The lowest BCUT2D eigenvalue weighted by Gasteiger charge is -2.11. The van der Waals surface area contributed by atoms with Crippen LogP contribution in [-0.2, 0) is 13.0 Å². The van der Waals surface area contributed by atoms with E-state index in [9.17, 15) is 0 Å². The van der Waals surface area contributed by atoms with E-state index in [1.807, 2.05) is 61.5 Å². The zero-order valence-electron chi connectivity index (χ0n) is 15.5. The molecule has 0 saturated heterocycles. The summed E-state index contributed by atoms with van der Waals surface area (Å²) in [6, 6.07) is 17.8. The Morgan fingerprint density at radius 3 is 2.19 bits per heavy atom. The van der Waals surface area contributed by atoms with Crippen LogP contribution in [0.25, 0.3) is 0 Å². The first kappa shape index (κ1) is 19.0. The minimum atomic E-state index is 0.685. The third-order valence-electron chi connectivity index (χ3n) is 4.10.